The number of alkyl halides is 1. The van der Waals surface area contributed by atoms with Crippen molar-refractivity contribution < 1.29 is 0 Å². The van der Waals surface area contributed by atoms with Gasteiger partial charge in [0.15, 0.2) is 0 Å². The van der Waals surface area contributed by atoms with E-state index in [4.69, 9.17) is 23.2 Å². The minimum atomic E-state index is 0.261. The molecule has 21 heavy (non-hydrogen) atoms. The zero-order chi connectivity index (χ0) is 15.4. The second kappa shape index (κ2) is 7.33. The first-order valence-electron chi connectivity index (χ1n) is 7.47. The maximum absolute atomic E-state index is 6.51. The van der Waals surface area contributed by atoms with Gasteiger partial charge in [-0.15, -0.1) is 11.6 Å². The van der Waals surface area contributed by atoms with Crippen LogP contribution < -0.4 is 0 Å². The van der Waals surface area contributed by atoms with Gasteiger partial charge in [0.2, 0.25) is 0 Å². The first-order chi connectivity index (χ1) is 10.1. The van der Waals surface area contributed by atoms with Crippen LogP contribution in [0.3, 0.4) is 0 Å². The maximum atomic E-state index is 6.51. The molecule has 0 fully saturated rings. The molecule has 4 heteroatoms. The summed E-state index contributed by atoms with van der Waals surface area (Å²) in [6, 6.07) is 8.41. The van der Waals surface area contributed by atoms with Crippen molar-refractivity contribution in [1.29, 1.82) is 0 Å². The molecule has 0 bridgehead atoms. The minimum absolute atomic E-state index is 0.261. The highest BCUT2D eigenvalue weighted by Crippen LogP contribution is 2.30. The lowest BCUT2D eigenvalue weighted by Gasteiger charge is -2.17. The van der Waals surface area contributed by atoms with Gasteiger partial charge >= 0.3 is 0 Å². The first kappa shape index (κ1) is 16.4. The molecule has 114 valence electrons. The molecule has 1 aromatic heterocycles. The van der Waals surface area contributed by atoms with E-state index in [9.17, 15) is 0 Å². The summed E-state index contributed by atoms with van der Waals surface area (Å²) in [5.41, 5.74) is 4.65. The fourth-order valence-electron chi connectivity index (χ4n) is 2.74. The Morgan fingerprint density at radius 3 is 2.52 bits per heavy atom. The van der Waals surface area contributed by atoms with Crippen LogP contribution in [0.5, 0.6) is 0 Å². The Bertz CT molecular complexity index is 605. The van der Waals surface area contributed by atoms with E-state index in [1.165, 1.54) is 11.1 Å². The van der Waals surface area contributed by atoms with Crippen molar-refractivity contribution in [3.8, 4) is 0 Å². The summed E-state index contributed by atoms with van der Waals surface area (Å²) in [6.45, 7) is 7.14. The summed E-state index contributed by atoms with van der Waals surface area (Å²) in [5.74, 6) is 0.842. The lowest BCUT2D eigenvalue weighted by Crippen LogP contribution is -2.11. The number of rotatable bonds is 6. The molecule has 0 aliphatic rings. The summed E-state index contributed by atoms with van der Waals surface area (Å²) in [4.78, 5) is 0. The minimum Gasteiger partial charge on any atom is -0.268 e. The maximum Gasteiger partial charge on any atom is 0.0850 e. The van der Waals surface area contributed by atoms with E-state index in [1.54, 1.807) is 0 Å². The molecular formula is C17H22Cl2N2. The van der Waals surface area contributed by atoms with Gasteiger partial charge < -0.3 is 0 Å². The third-order valence-electron chi connectivity index (χ3n) is 3.95. The Hall–Kier alpha value is -0.990. The molecule has 2 nitrogen and oxygen atoms in total. The molecule has 1 unspecified atom stereocenters. The highest BCUT2D eigenvalue weighted by molar-refractivity contribution is 6.31. The van der Waals surface area contributed by atoms with Crippen molar-refractivity contribution in [2.24, 2.45) is 0 Å². The molecule has 1 aromatic carbocycles. The average Bonchev–Trinajstić information content (AvgIpc) is 2.81. The van der Waals surface area contributed by atoms with E-state index in [-0.39, 0.29) is 5.92 Å². The fourth-order valence-corrected chi connectivity index (χ4v) is 3.36. The molecule has 0 radical (unpaired) electrons. The van der Waals surface area contributed by atoms with Crippen LogP contribution in [0.25, 0.3) is 0 Å². The van der Waals surface area contributed by atoms with Crippen molar-refractivity contribution in [2.45, 2.75) is 46.1 Å². The second-order valence-electron chi connectivity index (χ2n) is 5.29. The van der Waals surface area contributed by atoms with E-state index < -0.39 is 0 Å². The Morgan fingerprint density at radius 1 is 1.24 bits per heavy atom. The first-order valence-corrected chi connectivity index (χ1v) is 8.39. The lowest BCUT2D eigenvalue weighted by molar-refractivity contribution is 0.593. The molecule has 0 aliphatic carbocycles. The molecule has 0 saturated carbocycles. The van der Waals surface area contributed by atoms with Gasteiger partial charge in [0.1, 0.15) is 0 Å². The smallest absolute Gasteiger partial charge is 0.0850 e. The van der Waals surface area contributed by atoms with Crippen LogP contribution in [-0.4, -0.2) is 15.7 Å². The van der Waals surface area contributed by atoms with Crippen molar-refractivity contribution in [2.75, 3.05) is 5.88 Å². The topological polar surface area (TPSA) is 17.8 Å². The van der Waals surface area contributed by atoms with E-state index in [2.05, 4.69) is 50.1 Å². The molecule has 0 saturated heterocycles. The van der Waals surface area contributed by atoms with E-state index in [1.807, 2.05) is 4.68 Å². The Kier molecular flexibility index (Phi) is 5.72. The predicted molar refractivity (Wildman–Crippen MR) is 90.6 cm³/mol. The largest absolute Gasteiger partial charge is 0.268 e. The van der Waals surface area contributed by atoms with Crippen molar-refractivity contribution >= 4 is 23.2 Å². The highest BCUT2D eigenvalue weighted by atomic mass is 35.5. The van der Waals surface area contributed by atoms with Crippen LogP contribution >= 0.6 is 23.2 Å². The normalized spacial score (nSPS) is 12.6. The third kappa shape index (κ3) is 3.44. The molecular weight excluding hydrogens is 303 g/mol. The van der Waals surface area contributed by atoms with Gasteiger partial charge in [-0.3, -0.25) is 4.68 Å². The van der Waals surface area contributed by atoms with Gasteiger partial charge in [-0.05, 0) is 37.8 Å². The van der Waals surface area contributed by atoms with E-state index in [0.29, 0.717) is 5.88 Å². The number of hydrogen-bond acceptors (Lipinski definition) is 1. The molecule has 2 rings (SSSR count). The number of aromatic nitrogens is 2. The van der Waals surface area contributed by atoms with Crippen molar-refractivity contribution in [3.05, 3.63) is 51.8 Å². The van der Waals surface area contributed by atoms with Crippen molar-refractivity contribution in [1.82, 2.24) is 9.78 Å². The summed E-state index contributed by atoms with van der Waals surface area (Å²) < 4.78 is 2.01. The van der Waals surface area contributed by atoms with Gasteiger partial charge in [0.05, 0.1) is 16.4 Å². The van der Waals surface area contributed by atoms with Gasteiger partial charge in [-0.2, -0.15) is 5.10 Å². The molecule has 0 N–H and O–H groups in total. The van der Waals surface area contributed by atoms with Crippen LogP contribution in [0, 0.1) is 6.92 Å². The fraction of sp³-hybridized carbons (Fsp3) is 0.471. The molecule has 0 aliphatic heterocycles. The molecule has 0 spiro atoms. The van der Waals surface area contributed by atoms with Gasteiger partial charge in [-0.25, -0.2) is 0 Å². The third-order valence-corrected chi connectivity index (χ3v) is 4.76. The SMILES string of the molecule is CCc1nn(CC)c(CC(CCl)c2ccccc2C)c1Cl. The summed E-state index contributed by atoms with van der Waals surface area (Å²) in [6.07, 6.45) is 1.68. The lowest BCUT2D eigenvalue weighted by atomic mass is 9.92. The number of benzene rings is 1. The Balaban J connectivity index is 2.35. The second-order valence-corrected chi connectivity index (χ2v) is 5.98. The number of aryl methyl sites for hydroxylation is 3. The van der Waals surface area contributed by atoms with Gasteiger partial charge in [0, 0.05) is 18.3 Å². The Labute approximate surface area is 137 Å². The van der Waals surface area contributed by atoms with Crippen LogP contribution in [-0.2, 0) is 19.4 Å². The molecule has 2 aromatic rings. The average molecular weight is 325 g/mol. The quantitative estimate of drug-likeness (QED) is 0.684. The van der Waals surface area contributed by atoms with E-state index >= 15 is 0 Å². The summed E-state index contributed by atoms with van der Waals surface area (Å²) >= 11 is 12.8. The molecule has 1 atom stereocenters. The van der Waals surface area contributed by atoms with E-state index in [0.717, 1.165) is 35.8 Å². The van der Waals surface area contributed by atoms with Gasteiger partial charge in [0.25, 0.3) is 0 Å². The van der Waals surface area contributed by atoms with Crippen LogP contribution in [0.1, 0.15) is 42.3 Å². The summed E-state index contributed by atoms with van der Waals surface area (Å²) in [5, 5.41) is 5.40. The van der Waals surface area contributed by atoms with Crippen LogP contribution in [0.15, 0.2) is 24.3 Å². The van der Waals surface area contributed by atoms with Gasteiger partial charge in [-0.1, -0.05) is 42.8 Å². The standard InChI is InChI=1S/C17H22Cl2N2/c1-4-15-17(19)16(21(5-2)20-15)10-13(11-18)14-9-7-6-8-12(14)3/h6-9,13H,4-5,10-11H2,1-3H3. The van der Waals surface area contributed by atoms with Crippen LogP contribution in [0.4, 0.5) is 0 Å². The summed E-state index contributed by atoms with van der Waals surface area (Å²) in [7, 11) is 0. The molecule has 1 heterocycles. The Morgan fingerprint density at radius 2 is 1.95 bits per heavy atom. The predicted octanol–water partition coefficient (Wildman–Crippen LogP) is 4.99. The van der Waals surface area contributed by atoms with Crippen molar-refractivity contribution in [3.63, 3.8) is 0 Å². The number of hydrogen-bond donors (Lipinski definition) is 0. The zero-order valence-corrected chi connectivity index (χ0v) is 14.4. The number of nitrogens with zero attached hydrogens (tertiary/aromatic N) is 2. The number of halogens is 2. The van der Waals surface area contributed by atoms with Crippen LogP contribution in [0.2, 0.25) is 5.02 Å². The monoisotopic (exact) mass is 324 g/mol. The zero-order valence-electron chi connectivity index (χ0n) is 12.9. The highest BCUT2D eigenvalue weighted by Gasteiger charge is 2.20. The molecule has 0 amide bonds.